The molecule has 2 aliphatic heterocycles. The Labute approximate surface area is 147 Å². The monoisotopic (exact) mass is 348 g/mol. The maximum Gasteiger partial charge on any atom is 0.257 e. The molecule has 136 valence electrons. The van der Waals surface area contributed by atoms with Gasteiger partial charge < -0.3 is 24.0 Å². The van der Waals surface area contributed by atoms with E-state index in [2.05, 4.69) is 0 Å². The van der Waals surface area contributed by atoms with E-state index in [1.165, 1.54) is 7.11 Å². The molecule has 0 aliphatic carbocycles. The van der Waals surface area contributed by atoms with Crippen molar-refractivity contribution in [3.8, 4) is 11.5 Å². The van der Waals surface area contributed by atoms with Gasteiger partial charge in [0.05, 0.1) is 19.8 Å². The Morgan fingerprint density at radius 1 is 1.08 bits per heavy atom. The summed E-state index contributed by atoms with van der Waals surface area (Å²) >= 11 is 0. The maximum absolute atomic E-state index is 12.8. The van der Waals surface area contributed by atoms with Crippen LogP contribution in [0.2, 0.25) is 0 Å². The largest absolute Gasteiger partial charge is 0.497 e. The lowest BCUT2D eigenvalue weighted by molar-refractivity contribution is -0.142. The summed E-state index contributed by atoms with van der Waals surface area (Å²) in [4.78, 5) is 28.7. The lowest BCUT2D eigenvalue weighted by Crippen LogP contribution is -2.52. The Morgan fingerprint density at radius 3 is 2.40 bits per heavy atom. The fourth-order valence-electron chi connectivity index (χ4n) is 3.25. The van der Waals surface area contributed by atoms with Crippen molar-refractivity contribution in [3.63, 3.8) is 0 Å². The molecule has 0 spiro atoms. The normalized spacial score (nSPS) is 20.5. The van der Waals surface area contributed by atoms with E-state index in [0.717, 1.165) is 12.8 Å². The van der Waals surface area contributed by atoms with E-state index in [9.17, 15) is 9.59 Å². The predicted octanol–water partition coefficient (Wildman–Crippen LogP) is 1.17. The number of methoxy groups -OCH3 is 2. The van der Waals surface area contributed by atoms with Gasteiger partial charge in [0.15, 0.2) is 0 Å². The SMILES string of the molecule is COc1ccc(C(=O)N2CCN(C(=O)C3CCCO3)CC2)c(OC)c1. The lowest BCUT2D eigenvalue weighted by atomic mass is 10.1. The van der Waals surface area contributed by atoms with Gasteiger partial charge >= 0.3 is 0 Å². The zero-order valence-electron chi connectivity index (χ0n) is 14.7. The standard InChI is InChI=1S/C18H24N2O5/c1-23-13-5-6-14(16(12-13)24-2)17(21)19-7-9-20(10-8-19)18(22)15-4-3-11-25-15/h5-6,12,15H,3-4,7-11H2,1-2H3. The van der Waals surface area contributed by atoms with Crippen LogP contribution < -0.4 is 9.47 Å². The highest BCUT2D eigenvalue weighted by molar-refractivity contribution is 5.97. The number of rotatable bonds is 4. The molecule has 1 aromatic carbocycles. The van der Waals surface area contributed by atoms with Gasteiger partial charge in [-0.15, -0.1) is 0 Å². The molecule has 7 heteroatoms. The molecule has 25 heavy (non-hydrogen) atoms. The number of benzene rings is 1. The van der Waals surface area contributed by atoms with Gasteiger partial charge in [0.1, 0.15) is 17.6 Å². The Morgan fingerprint density at radius 2 is 1.80 bits per heavy atom. The second kappa shape index (κ2) is 7.74. The van der Waals surface area contributed by atoms with Crippen molar-refractivity contribution < 1.29 is 23.8 Å². The van der Waals surface area contributed by atoms with Crippen molar-refractivity contribution in [2.75, 3.05) is 47.0 Å². The molecule has 1 aromatic rings. The van der Waals surface area contributed by atoms with Crippen LogP contribution in [0.4, 0.5) is 0 Å². The molecule has 7 nitrogen and oxygen atoms in total. The topological polar surface area (TPSA) is 68.3 Å². The molecule has 1 unspecified atom stereocenters. The Hall–Kier alpha value is -2.28. The first kappa shape index (κ1) is 17.5. The van der Waals surface area contributed by atoms with Crippen LogP contribution in [0.1, 0.15) is 23.2 Å². The van der Waals surface area contributed by atoms with Crippen LogP contribution >= 0.6 is 0 Å². The third kappa shape index (κ3) is 3.71. The number of nitrogens with zero attached hydrogens (tertiary/aromatic N) is 2. The Kier molecular flexibility index (Phi) is 5.43. The average Bonchev–Trinajstić information content (AvgIpc) is 3.21. The molecule has 0 radical (unpaired) electrons. The third-order valence-corrected chi connectivity index (χ3v) is 4.72. The molecule has 1 atom stereocenters. The first-order valence-electron chi connectivity index (χ1n) is 8.55. The first-order valence-corrected chi connectivity index (χ1v) is 8.55. The van der Waals surface area contributed by atoms with Gasteiger partial charge in [-0.2, -0.15) is 0 Å². The smallest absolute Gasteiger partial charge is 0.257 e. The Bertz CT molecular complexity index is 634. The van der Waals surface area contributed by atoms with Crippen LogP contribution in [-0.4, -0.2) is 74.7 Å². The van der Waals surface area contributed by atoms with E-state index in [4.69, 9.17) is 14.2 Å². The van der Waals surface area contributed by atoms with Crippen molar-refractivity contribution in [1.29, 1.82) is 0 Å². The van der Waals surface area contributed by atoms with E-state index in [0.29, 0.717) is 49.8 Å². The second-order valence-corrected chi connectivity index (χ2v) is 6.19. The van der Waals surface area contributed by atoms with E-state index in [-0.39, 0.29) is 17.9 Å². The quantitative estimate of drug-likeness (QED) is 0.817. The number of carbonyl (C=O) groups excluding carboxylic acids is 2. The highest BCUT2D eigenvalue weighted by Crippen LogP contribution is 2.26. The molecular weight excluding hydrogens is 324 g/mol. The molecule has 0 bridgehead atoms. The molecular formula is C18H24N2O5. The fraction of sp³-hybridized carbons (Fsp3) is 0.556. The minimum atomic E-state index is -0.302. The minimum absolute atomic E-state index is 0.0478. The van der Waals surface area contributed by atoms with Crippen LogP contribution in [-0.2, 0) is 9.53 Å². The number of hydrogen-bond acceptors (Lipinski definition) is 5. The van der Waals surface area contributed by atoms with E-state index >= 15 is 0 Å². The van der Waals surface area contributed by atoms with E-state index < -0.39 is 0 Å². The highest BCUT2D eigenvalue weighted by Gasteiger charge is 2.32. The van der Waals surface area contributed by atoms with Gasteiger partial charge in [-0.1, -0.05) is 0 Å². The van der Waals surface area contributed by atoms with Crippen molar-refractivity contribution in [1.82, 2.24) is 9.80 Å². The third-order valence-electron chi connectivity index (χ3n) is 4.72. The Balaban J connectivity index is 1.62. The van der Waals surface area contributed by atoms with Crippen LogP contribution in [0.3, 0.4) is 0 Å². The van der Waals surface area contributed by atoms with Crippen molar-refractivity contribution in [2.45, 2.75) is 18.9 Å². The molecule has 3 rings (SSSR count). The number of amides is 2. The van der Waals surface area contributed by atoms with Crippen LogP contribution in [0.15, 0.2) is 18.2 Å². The number of ether oxygens (including phenoxy) is 3. The van der Waals surface area contributed by atoms with Crippen LogP contribution in [0, 0.1) is 0 Å². The second-order valence-electron chi connectivity index (χ2n) is 6.19. The summed E-state index contributed by atoms with van der Waals surface area (Å²) in [5, 5.41) is 0. The number of hydrogen-bond donors (Lipinski definition) is 0. The van der Waals surface area contributed by atoms with E-state index in [1.54, 1.807) is 35.1 Å². The summed E-state index contributed by atoms with van der Waals surface area (Å²) in [6.45, 7) is 2.73. The van der Waals surface area contributed by atoms with E-state index in [1.807, 2.05) is 0 Å². The molecule has 0 N–H and O–H groups in total. The molecule has 0 saturated carbocycles. The van der Waals surface area contributed by atoms with Crippen LogP contribution in [0.5, 0.6) is 11.5 Å². The van der Waals surface area contributed by atoms with Gasteiger partial charge in [0, 0.05) is 38.9 Å². The fourth-order valence-corrected chi connectivity index (χ4v) is 3.25. The summed E-state index contributed by atoms with van der Waals surface area (Å²) in [6.07, 6.45) is 1.43. The van der Waals surface area contributed by atoms with Gasteiger partial charge in [0.2, 0.25) is 0 Å². The number of piperazine rings is 1. The van der Waals surface area contributed by atoms with Gasteiger partial charge in [0.25, 0.3) is 11.8 Å². The maximum atomic E-state index is 12.8. The summed E-state index contributed by atoms with van der Waals surface area (Å²) in [5.74, 6) is 1.08. The van der Waals surface area contributed by atoms with Gasteiger partial charge in [-0.3, -0.25) is 9.59 Å². The molecule has 2 amide bonds. The van der Waals surface area contributed by atoms with Crippen molar-refractivity contribution in [3.05, 3.63) is 23.8 Å². The molecule has 0 aromatic heterocycles. The van der Waals surface area contributed by atoms with Crippen molar-refractivity contribution >= 4 is 11.8 Å². The van der Waals surface area contributed by atoms with Gasteiger partial charge in [-0.05, 0) is 25.0 Å². The molecule has 2 aliphatic rings. The first-order chi connectivity index (χ1) is 12.1. The number of carbonyl (C=O) groups is 2. The minimum Gasteiger partial charge on any atom is -0.497 e. The highest BCUT2D eigenvalue weighted by atomic mass is 16.5. The molecule has 2 saturated heterocycles. The summed E-state index contributed by atoms with van der Waals surface area (Å²) in [7, 11) is 3.10. The summed E-state index contributed by atoms with van der Waals surface area (Å²) < 4.78 is 15.9. The molecule has 2 fully saturated rings. The zero-order chi connectivity index (χ0) is 17.8. The van der Waals surface area contributed by atoms with Gasteiger partial charge in [-0.25, -0.2) is 0 Å². The average molecular weight is 348 g/mol. The van der Waals surface area contributed by atoms with Crippen molar-refractivity contribution in [2.24, 2.45) is 0 Å². The summed E-state index contributed by atoms with van der Waals surface area (Å²) in [6, 6.07) is 5.15. The zero-order valence-corrected chi connectivity index (χ0v) is 14.7. The summed E-state index contributed by atoms with van der Waals surface area (Å²) in [5.41, 5.74) is 0.502. The van der Waals surface area contributed by atoms with Crippen LogP contribution in [0.25, 0.3) is 0 Å². The lowest BCUT2D eigenvalue weighted by Gasteiger charge is -2.36. The molecule has 2 heterocycles. The predicted molar refractivity (Wildman–Crippen MR) is 91.0 cm³/mol.